The molecule has 0 bridgehead atoms. The van der Waals surface area contributed by atoms with Crippen molar-refractivity contribution in [2.75, 3.05) is 12.4 Å². The lowest BCUT2D eigenvalue weighted by atomic mass is 10.0. The quantitative estimate of drug-likeness (QED) is 0.521. The van der Waals surface area contributed by atoms with Crippen LogP contribution in [0.2, 0.25) is 0 Å². The van der Waals surface area contributed by atoms with Crippen LogP contribution in [-0.2, 0) is 0 Å². The van der Waals surface area contributed by atoms with Crippen LogP contribution < -0.4 is 10.6 Å². The monoisotopic (exact) mass is 375 g/mol. The molecule has 0 saturated heterocycles. The number of H-pyrrole nitrogens is 1. The van der Waals surface area contributed by atoms with Crippen LogP contribution in [0.5, 0.6) is 0 Å². The van der Waals surface area contributed by atoms with Gasteiger partial charge >= 0.3 is 0 Å². The summed E-state index contributed by atoms with van der Waals surface area (Å²) in [5.74, 6) is -0.258. The van der Waals surface area contributed by atoms with E-state index in [0.717, 1.165) is 0 Å². The van der Waals surface area contributed by atoms with E-state index in [1.807, 2.05) is 20.8 Å². The molecule has 1 aromatic carbocycles. The molecule has 0 radical (unpaired) electrons. The summed E-state index contributed by atoms with van der Waals surface area (Å²) >= 11 is 0. The number of carbonyl (C=O) groups is 1. The first kappa shape index (κ1) is 19.0. The number of rotatable bonds is 4. The summed E-state index contributed by atoms with van der Waals surface area (Å²) in [5.41, 5.74) is 3.08. The van der Waals surface area contributed by atoms with Crippen molar-refractivity contribution in [3.8, 4) is 6.07 Å². The summed E-state index contributed by atoms with van der Waals surface area (Å²) in [7, 11) is 1.73. The molecule has 0 atom stereocenters. The van der Waals surface area contributed by atoms with E-state index in [0.29, 0.717) is 39.2 Å². The number of amides is 1. The molecule has 0 aliphatic heterocycles. The van der Waals surface area contributed by atoms with Crippen molar-refractivity contribution in [2.45, 2.75) is 26.3 Å². The highest BCUT2D eigenvalue weighted by Crippen LogP contribution is 2.22. The third-order valence-electron chi connectivity index (χ3n) is 4.06. The Labute approximate surface area is 162 Å². The van der Waals surface area contributed by atoms with Gasteiger partial charge in [-0.3, -0.25) is 10.2 Å². The Morgan fingerprint density at radius 3 is 2.68 bits per heavy atom. The van der Waals surface area contributed by atoms with Crippen LogP contribution in [0.25, 0.3) is 11.2 Å². The van der Waals surface area contributed by atoms with Gasteiger partial charge in [0.05, 0.1) is 29.1 Å². The number of benzene rings is 1. The van der Waals surface area contributed by atoms with Crippen LogP contribution in [0.15, 0.2) is 30.6 Å². The molecule has 0 saturated carbocycles. The van der Waals surface area contributed by atoms with Crippen molar-refractivity contribution < 1.29 is 4.79 Å². The minimum absolute atomic E-state index is 0.145. The second-order valence-corrected chi connectivity index (χ2v) is 7.36. The largest absolute Gasteiger partial charge is 0.388 e. The SMILES string of the molecule is CNc1cc(C#N)ccc1C(=N)c1cnc2[nH]cc(C(=O)NC(C)(C)C)c2n1. The van der Waals surface area contributed by atoms with Gasteiger partial charge in [0.25, 0.3) is 5.91 Å². The van der Waals surface area contributed by atoms with Crippen LogP contribution in [-0.4, -0.2) is 39.2 Å². The fraction of sp³-hybridized carbons (Fsp3) is 0.250. The average molecular weight is 375 g/mol. The topological polar surface area (TPSA) is 130 Å². The summed E-state index contributed by atoms with van der Waals surface area (Å²) in [4.78, 5) is 24.3. The molecular weight excluding hydrogens is 354 g/mol. The van der Waals surface area contributed by atoms with Crippen molar-refractivity contribution in [3.05, 3.63) is 53.0 Å². The van der Waals surface area contributed by atoms with Crippen LogP contribution in [0.1, 0.15) is 48.0 Å². The first-order valence-electron chi connectivity index (χ1n) is 8.71. The Bertz CT molecular complexity index is 1120. The second-order valence-electron chi connectivity index (χ2n) is 7.36. The van der Waals surface area contributed by atoms with Crippen molar-refractivity contribution in [3.63, 3.8) is 0 Å². The van der Waals surface area contributed by atoms with E-state index >= 15 is 0 Å². The number of nitriles is 1. The third-order valence-corrected chi connectivity index (χ3v) is 4.06. The summed E-state index contributed by atoms with van der Waals surface area (Å²) < 4.78 is 0. The maximum atomic E-state index is 12.6. The number of nitrogens with one attached hydrogen (secondary N) is 4. The van der Waals surface area contributed by atoms with Crippen molar-refractivity contribution >= 4 is 28.5 Å². The minimum Gasteiger partial charge on any atom is -0.388 e. The van der Waals surface area contributed by atoms with Crippen molar-refractivity contribution in [1.82, 2.24) is 20.3 Å². The fourth-order valence-corrected chi connectivity index (χ4v) is 2.77. The maximum absolute atomic E-state index is 12.6. The molecule has 0 fully saturated rings. The normalized spacial score (nSPS) is 11.1. The highest BCUT2D eigenvalue weighted by Gasteiger charge is 2.21. The van der Waals surface area contributed by atoms with E-state index in [1.54, 1.807) is 31.4 Å². The first-order chi connectivity index (χ1) is 13.2. The molecule has 0 unspecified atom stereocenters. The molecule has 3 rings (SSSR count). The van der Waals surface area contributed by atoms with E-state index in [-0.39, 0.29) is 17.2 Å². The standard InChI is InChI=1S/C20H21N7O/c1-20(2,3)27-19(28)13-9-24-18-17(13)26-15(10-25-18)16(22)12-6-5-11(8-21)7-14(12)23-4/h5-7,9-10,22-23H,1-4H3,(H,24,25)(H,27,28). The number of fused-ring (bicyclic) bond motifs is 1. The van der Waals surface area contributed by atoms with Crippen molar-refractivity contribution in [1.29, 1.82) is 10.7 Å². The number of nitrogens with zero attached hydrogens (tertiary/aromatic N) is 3. The van der Waals surface area contributed by atoms with E-state index in [9.17, 15) is 4.79 Å². The van der Waals surface area contributed by atoms with Crippen LogP contribution in [0.3, 0.4) is 0 Å². The van der Waals surface area contributed by atoms with E-state index in [4.69, 9.17) is 10.7 Å². The fourth-order valence-electron chi connectivity index (χ4n) is 2.77. The summed E-state index contributed by atoms with van der Waals surface area (Å²) in [6.45, 7) is 5.70. The lowest BCUT2D eigenvalue weighted by Gasteiger charge is -2.20. The number of hydrogen-bond acceptors (Lipinski definition) is 6. The zero-order chi connectivity index (χ0) is 20.5. The Hall–Kier alpha value is -3.73. The number of aromatic nitrogens is 3. The van der Waals surface area contributed by atoms with Gasteiger partial charge in [-0.2, -0.15) is 5.26 Å². The van der Waals surface area contributed by atoms with Gasteiger partial charge in [-0.05, 0) is 39.0 Å². The maximum Gasteiger partial charge on any atom is 0.255 e. The molecule has 2 aromatic heterocycles. The Kier molecular flexibility index (Phi) is 4.84. The Morgan fingerprint density at radius 2 is 2.04 bits per heavy atom. The zero-order valence-corrected chi connectivity index (χ0v) is 16.1. The van der Waals surface area contributed by atoms with Gasteiger partial charge < -0.3 is 15.6 Å². The predicted molar refractivity (Wildman–Crippen MR) is 108 cm³/mol. The van der Waals surface area contributed by atoms with Gasteiger partial charge in [-0.1, -0.05) is 0 Å². The van der Waals surface area contributed by atoms with Crippen LogP contribution in [0.4, 0.5) is 5.69 Å². The molecule has 4 N–H and O–H groups in total. The molecule has 1 amide bonds. The lowest BCUT2D eigenvalue weighted by molar-refractivity contribution is 0.0921. The Balaban J connectivity index is 2.03. The number of aromatic amines is 1. The number of carbonyl (C=O) groups excluding carboxylic acids is 1. The van der Waals surface area contributed by atoms with Crippen molar-refractivity contribution in [2.24, 2.45) is 0 Å². The van der Waals surface area contributed by atoms with Gasteiger partial charge in [0.2, 0.25) is 0 Å². The summed E-state index contributed by atoms with van der Waals surface area (Å²) in [6.07, 6.45) is 3.06. The molecule has 3 aromatic rings. The third kappa shape index (κ3) is 3.69. The molecule has 0 aliphatic carbocycles. The zero-order valence-electron chi connectivity index (χ0n) is 16.1. The predicted octanol–water partition coefficient (Wildman–Crippen LogP) is 2.82. The van der Waals surface area contributed by atoms with E-state index in [2.05, 4.69) is 31.7 Å². The van der Waals surface area contributed by atoms with Crippen LogP contribution in [0, 0.1) is 16.7 Å². The van der Waals surface area contributed by atoms with E-state index < -0.39 is 0 Å². The lowest BCUT2D eigenvalue weighted by Crippen LogP contribution is -2.40. The highest BCUT2D eigenvalue weighted by molar-refractivity contribution is 6.14. The molecular formula is C20H21N7O. The molecule has 8 heteroatoms. The van der Waals surface area contributed by atoms with Gasteiger partial charge in [-0.15, -0.1) is 0 Å². The van der Waals surface area contributed by atoms with E-state index in [1.165, 1.54) is 6.20 Å². The minimum atomic E-state index is -0.386. The number of hydrogen-bond donors (Lipinski definition) is 4. The van der Waals surface area contributed by atoms with Crippen LogP contribution >= 0.6 is 0 Å². The number of anilines is 1. The average Bonchev–Trinajstić information content (AvgIpc) is 3.08. The van der Waals surface area contributed by atoms with Gasteiger partial charge in [-0.25, -0.2) is 9.97 Å². The smallest absolute Gasteiger partial charge is 0.255 e. The summed E-state index contributed by atoms with van der Waals surface area (Å²) in [5, 5.41) is 23.5. The van der Waals surface area contributed by atoms with Gasteiger partial charge in [0, 0.05) is 30.0 Å². The van der Waals surface area contributed by atoms with Gasteiger partial charge in [0.15, 0.2) is 5.65 Å². The molecule has 8 nitrogen and oxygen atoms in total. The molecule has 142 valence electrons. The molecule has 28 heavy (non-hydrogen) atoms. The first-order valence-corrected chi connectivity index (χ1v) is 8.71. The van der Waals surface area contributed by atoms with Gasteiger partial charge in [0.1, 0.15) is 11.2 Å². The highest BCUT2D eigenvalue weighted by atomic mass is 16.1. The molecule has 0 spiro atoms. The Morgan fingerprint density at radius 1 is 1.29 bits per heavy atom. The summed E-state index contributed by atoms with van der Waals surface area (Å²) in [6, 6.07) is 7.10. The molecule has 2 heterocycles. The second kappa shape index (κ2) is 7.12. The molecule has 0 aliphatic rings.